The van der Waals surface area contributed by atoms with E-state index in [9.17, 15) is 0 Å². The van der Waals surface area contributed by atoms with E-state index in [1.807, 2.05) is 18.5 Å². The Bertz CT molecular complexity index is 560. The summed E-state index contributed by atoms with van der Waals surface area (Å²) in [6, 6.07) is 4.07. The maximum Gasteiger partial charge on any atom is 0.0691 e. The summed E-state index contributed by atoms with van der Waals surface area (Å²) in [6.07, 6.45) is 3.71. The number of pyridine rings is 1. The number of hydrogen-bond acceptors (Lipinski definition) is 2. The zero-order valence-electron chi connectivity index (χ0n) is 9.70. The lowest BCUT2D eigenvalue weighted by Crippen LogP contribution is -2.28. The molecule has 2 aromatic heterocycles. The molecule has 0 radical (unpaired) electrons. The second-order valence-corrected chi connectivity index (χ2v) is 4.76. The second-order valence-electron chi connectivity index (χ2n) is 4.35. The van der Waals surface area contributed by atoms with Crippen molar-refractivity contribution in [2.75, 3.05) is 6.54 Å². The van der Waals surface area contributed by atoms with Gasteiger partial charge in [0.1, 0.15) is 0 Å². The van der Waals surface area contributed by atoms with E-state index in [1.165, 1.54) is 11.3 Å². The van der Waals surface area contributed by atoms with Crippen LogP contribution in [0.2, 0.25) is 5.02 Å². The van der Waals surface area contributed by atoms with Crippen LogP contribution in [0.1, 0.15) is 11.3 Å². The predicted octanol–water partition coefficient (Wildman–Crippen LogP) is 2.62. The van der Waals surface area contributed by atoms with Gasteiger partial charge in [0, 0.05) is 43.3 Å². The van der Waals surface area contributed by atoms with Gasteiger partial charge in [-0.2, -0.15) is 0 Å². The van der Waals surface area contributed by atoms with Crippen molar-refractivity contribution in [1.82, 2.24) is 14.9 Å². The molecule has 0 aromatic carbocycles. The Kier molecular flexibility index (Phi) is 2.65. The third-order valence-corrected chi connectivity index (χ3v) is 3.54. The molecular weight excluding hydrogens is 234 g/mol. The van der Waals surface area contributed by atoms with Crippen LogP contribution in [0.5, 0.6) is 0 Å². The molecule has 0 bridgehead atoms. The molecule has 0 atom stereocenters. The number of halogens is 1. The zero-order chi connectivity index (χ0) is 11.8. The first kappa shape index (κ1) is 10.8. The maximum atomic E-state index is 6.37. The Morgan fingerprint density at radius 1 is 1.47 bits per heavy atom. The number of hydrogen-bond donors (Lipinski definition) is 1. The third-order valence-electron chi connectivity index (χ3n) is 3.25. The molecule has 17 heavy (non-hydrogen) atoms. The summed E-state index contributed by atoms with van der Waals surface area (Å²) in [5.41, 5.74) is 4.69. The molecule has 3 nitrogen and oxygen atoms in total. The van der Waals surface area contributed by atoms with E-state index in [1.54, 1.807) is 0 Å². The Morgan fingerprint density at radius 3 is 3.18 bits per heavy atom. The monoisotopic (exact) mass is 247 g/mol. The number of nitrogens with one attached hydrogen (secondary N) is 1. The Balaban J connectivity index is 2.21. The Labute approximate surface area is 105 Å². The highest BCUT2D eigenvalue weighted by atomic mass is 35.5. The fraction of sp³-hybridized carbons (Fsp3) is 0.308. The van der Waals surface area contributed by atoms with Gasteiger partial charge in [0.05, 0.1) is 10.7 Å². The average molecular weight is 248 g/mol. The number of aromatic nitrogens is 2. The van der Waals surface area contributed by atoms with Crippen molar-refractivity contribution in [2.45, 2.75) is 20.0 Å². The predicted molar refractivity (Wildman–Crippen MR) is 69.1 cm³/mol. The molecular formula is C13H14ClN3. The molecule has 0 aliphatic carbocycles. The summed E-state index contributed by atoms with van der Waals surface area (Å²) in [4.78, 5) is 4.20. The van der Waals surface area contributed by atoms with Crippen LogP contribution in [0, 0.1) is 6.92 Å². The molecule has 2 aromatic rings. The lowest BCUT2D eigenvalue weighted by Gasteiger charge is -2.19. The molecule has 0 amide bonds. The lowest BCUT2D eigenvalue weighted by atomic mass is 10.1. The molecule has 0 saturated carbocycles. The van der Waals surface area contributed by atoms with E-state index < -0.39 is 0 Å². The van der Waals surface area contributed by atoms with Gasteiger partial charge in [-0.25, -0.2) is 0 Å². The number of fused-ring (bicyclic) bond motifs is 1. The van der Waals surface area contributed by atoms with Gasteiger partial charge in [-0.3, -0.25) is 4.98 Å². The minimum absolute atomic E-state index is 0.819. The van der Waals surface area contributed by atoms with Crippen molar-refractivity contribution >= 4 is 11.6 Å². The summed E-state index contributed by atoms with van der Waals surface area (Å²) in [5, 5.41) is 4.17. The van der Waals surface area contributed by atoms with E-state index in [2.05, 4.69) is 27.9 Å². The third kappa shape index (κ3) is 1.75. The quantitative estimate of drug-likeness (QED) is 0.840. The molecule has 0 unspecified atom stereocenters. The van der Waals surface area contributed by atoms with Crippen molar-refractivity contribution in [3.05, 3.63) is 40.8 Å². The highest BCUT2D eigenvalue weighted by molar-refractivity contribution is 6.33. The van der Waals surface area contributed by atoms with Gasteiger partial charge < -0.3 is 9.88 Å². The largest absolute Gasteiger partial charge is 0.341 e. The van der Waals surface area contributed by atoms with Gasteiger partial charge in [0.2, 0.25) is 0 Å². The summed E-state index contributed by atoms with van der Waals surface area (Å²) in [5.74, 6) is 0. The van der Waals surface area contributed by atoms with E-state index in [-0.39, 0.29) is 0 Å². The van der Waals surface area contributed by atoms with Gasteiger partial charge in [-0.15, -0.1) is 0 Å². The Morgan fingerprint density at radius 2 is 2.35 bits per heavy atom. The topological polar surface area (TPSA) is 29.9 Å². The normalized spacial score (nSPS) is 14.7. The highest BCUT2D eigenvalue weighted by Crippen LogP contribution is 2.33. The van der Waals surface area contributed by atoms with E-state index in [0.717, 1.165) is 35.9 Å². The standard InChI is InChI=1S/C13H14ClN3/c1-9-2-3-15-8-11(9)13-12(14)6-10-7-16-4-5-17(10)13/h2-3,6,8,16H,4-5,7H2,1H3. The molecule has 0 saturated heterocycles. The molecule has 4 heteroatoms. The van der Waals surface area contributed by atoms with E-state index in [0.29, 0.717) is 0 Å². The van der Waals surface area contributed by atoms with Crippen LogP contribution < -0.4 is 5.32 Å². The fourth-order valence-electron chi connectivity index (χ4n) is 2.36. The number of rotatable bonds is 1. The minimum Gasteiger partial charge on any atom is -0.341 e. The van der Waals surface area contributed by atoms with Gasteiger partial charge in [-0.05, 0) is 24.6 Å². The molecule has 3 rings (SSSR count). The van der Waals surface area contributed by atoms with Crippen LogP contribution in [0.25, 0.3) is 11.3 Å². The molecule has 3 heterocycles. The molecule has 0 fully saturated rings. The highest BCUT2D eigenvalue weighted by Gasteiger charge is 2.18. The zero-order valence-corrected chi connectivity index (χ0v) is 10.5. The molecule has 0 spiro atoms. The van der Waals surface area contributed by atoms with Crippen molar-refractivity contribution < 1.29 is 0 Å². The van der Waals surface area contributed by atoms with Crippen LogP contribution in [-0.4, -0.2) is 16.1 Å². The Hall–Kier alpha value is -1.32. The molecule has 1 N–H and O–H groups in total. The maximum absolute atomic E-state index is 6.37. The second kappa shape index (κ2) is 4.17. The van der Waals surface area contributed by atoms with Crippen LogP contribution in [0.15, 0.2) is 24.5 Å². The van der Waals surface area contributed by atoms with Gasteiger partial charge in [-0.1, -0.05) is 11.6 Å². The van der Waals surface area contributed by atoms with Gasteiger partial charge in [0.25, 0.3) is 0 Å². The molecule has 1 aliphatic heterocycles. The minimum atomic E-state index is 0.819. The van der Waals surface area contributed by atoms with Crippen LogP contribution in [-0.2, 0) is 13.1 Å². The summed E-state index contributed by atoms with van der Waals surface area (Å²) < 4.78 is 2.29. The van der Waals surface area contributed by atoms with E-state index in [4.69, 9.17) is 11.6 Å². The van der Waals surface area contributed by atoms with E-state index >= 15 is 0 Å². The SMILES string of the molecule is Cc1ccncc1-c1c(Cl)cc2n1CCNC2. The van der Waals surface area contributed by atoms with Crippen molar-refractivity contribution in [1.29, 1.82) is 0 Å². The summed E-state index contributed by atoms with van der Waals surface area (Å²) in [6.45, 7) is 4.93. The van der Waals surface area contributed by atoms with Crippen molar-refractivity contribution in [3.63, 3.8) is 0 Å². The molecule has 1 aliphatic rings. The lowest BCUT2D eigenvalue weighted by molar-refractivity contribution is 0.520. The smallest absolute Gasteiger partial charge is 0.0691 e. The first-order valence-electron chi connectivity index (χ1n) is 5.77. The molecule has 88 valence electrons. The first-order chi connectivity index (χ1) is 8.27. The van der Waals surface area contributed by atoms with Crippen molar-refractivity contribution in [2.24, 2.45) is 0 Å². The fourth-order valence-corrected chi connectivity index (χ4v) is 2.69. The first-order valence-corrected chi connectivity index (χ1v) is 6.15. The summed E-state index contributed by atoms with van der Waals surface area (Å²) in [7, 11) is 0. The van der Waals surface area contributed by atoms with Crippen LogP contribution in [0.3, 0.4) is 0 Å². The van der Waals surface area contributed by atoms with Gasteiger partial charge in [0.15, 0.2) is 0 Å². The van der Waals surface area contributed by atoms with Crippen LogP contribution >= 0.6 is 11.6 Å². The number of nitrogens with zero attached hydrogens (tertiary/aromatic N) is 2. The average Bonchev–Trinajstić information content (AvgIpc) is 2.66. The van der Waals surface area contributed by atoms with Crippen LogP contribution in [0.4, 0.5) is 0 Å². The van der Waals surface area contributed by atoms with Crippen molar-refractivity contribution in [3.8, 4) is 11.3 Å². The summed E-state index contributed by atoms with van der Waals surface area (Å²) >= 11 is 6.37. The number of aryl methyl sites for hydroxylation is 1. The van der Waals surface area contributed by atoms with Gasteiger partial charge >= 0.3 is 0 Å².